The fourth-order valence-electron chi connectivity index (χ4n) is 2.21. The van der Waals surface area contributed by atoms with Gasteiger partial charge in [0.25, 0.3) is 0 Å². The molecule has 0 saturated heterocycles. The Kier molecular flexibility index (Phi) is 8.44. The van der Waals surface area contributed by atoms with Crippen LogP contribution < -0.4 is 15.4 Å². The maximum atomic E-state index is 5.51. The van der Waals surface area contributed by atoms with Crippen LogP contribution in [0.4, 0.5) is 0 Å². The largest absolute Gasteiger partial charge is 0.493 e. The van der Waals surface area contributed by atoms with Crippen LogP contribution in [-0.4, -0.2) is 46.4 Å². The Bertz CT molecular complexity index is 466. The molecule has 1 aromatic rings. The maximum absolute atomic E-state index is 5.51. The molecule has 0 aromatic heterocycles. The summed E-state index contributed by atoms with van der Waals surface area (Å²) in [6.45, 7) is 3.09. The number of halogens is 1. The zero-order chi connectivity index (χ0) is 14.2. The number of nitrogens with zero attached hydrogens (tertiary/aromatic N) is 1. The van der Waals surface area contributed by atoms with Crippen molar-refractivity contribution in [3.63, 3.8) is 0 Å². The quantitative estimate of drug-likeness (QED) is 0.327. The highest BCUT2D eigenvalue weighted by Crippen LogP contribution is 2.25. The summed E-state index contributed by atoms with van der Waals surface area (Å²) in [6.07, 6.45) is 2.00. The van der Waals surface area contributed by atoms with Crippen LogP contribution in [-0.2, 0) is 17.6 Å². The van der Waals surface area contributed by atoms with Crippen molar-refractivity contribution in [3.05, 3.63) is 29.3 Å². The van der Waals surface area contributed by atoms with E-state index >= 15 is 0 Å². The normalized spacial score (nSPS) is 13.1. The molecule has 21 heavy (non-hydrogen) atoms. The molecule has 1 aliphatic rings. The van der Waals surface area contributed by atoms with E-state index in [0.29, 0.717) is 6.61 Å². The number of fused-ring (bicyclic) bond motifs is 1. The Morgan fingerprint density at radius 1 is 1.33 bits per heavy atom. The first-order valence-electron chi connectivity index (χ1n) is 7.01. The second-order valence-corrected chi connectivity index (χ2v) is 4.71. The van der Waals surface area contributed by atoms with E-state index in [4.69, 9.17) is 9.47 Å². The van der Waals surface area contributed by atoms with Gasteiger partial charge in [-0.15, -0.1) is 24.0 Å². The molecule has 1 heterocycles. The van der Waals surface area contributed by atoms with Crippen LogP contribution >= 0.6 is 24.0 Å². The van der Waals surface area contributed by atoms with E-state index in [9.17, 15) is 0 Å². The minimum Gasteiger partial charge on any atom is -0.493 e. The number of guanidine groups is 1. The number of rotatable bonds is 6. The number of benzene rings is 1. The summed E-state index contributed by atoms with van der Waals surface area (Å²) < 4.78 is 10.5. The van der Waals surface area contributed by atoms with Gasteiger partial charge in [0.1, 0.15) is 5.75 Å². The molecule has 6 heteroatoms. The molecule has 0 bridgehead atoms. The summed E-state index contributed by atoms with van der Waals surface area (Å²) in [4.78, 5) is 4.17. The standard InChI is InChI=1S/C15H23N3O2.HI/c1-16-15(18-8-10-19-2)17-7-5-12-3-4-14-13(11-12)6-9-20-14;/h3-4,11H,5-10H2,1-2H3,(H2,16,17,18);1H. The van der Waals surface area contributed by atoms with Gasteiger partial charge < -0.3 is 20.1 Å². The van der Waals surface area contributed by atoms with Gasteiger partial charge in [-0.05, 0) is 23.6 Å². The average molecular weight is 405 g/mol. The minimum atomic E-state index is 0. The number of ether oxygens (including phenoxy) is 2. The Morgan fingerprint density at radius 2 is 2.14 bits per heavy atom. The van der Waals surface area contributed by atoms with E-state index in [2.05, 4.69) is 33.8 Å². The van der Waals surface area contributed by atoms with E-state index in [1.54, 1.807) is 14.2 Å². The maximum Gasteiger partial charge on any atom is 0.191 e. The van der Waals surface area contributed by atoms with E-state index in [1.807, 2.05) is 0 Å². The van der Waals surface area contributed by atoms with Crippen molar-refractivity contribution in [2.45, 2.75) is 12.8 Å². The lowest BCUT2D eigenvalue weighted by atomic mass is 10.1. The van der Waals surface area contributed by atoms with E-state index in [0.717, 1.165) is 44.2 Å². The molecule has 0 amide bonds. The lowest BCUT2D eigenvalue weighted by Crippen LogP contribution is -2.39. The van der Waals surface area contributed by atoms with Crippen LogP contribution in [0.25, 0.3) is 0 Å². The molecule has 1 aromatic carbocycles. The number of hydrogen-bond acceptors (Lipinski definition) is 3. The summed E-state index contributed by atoms with van der Waals surface area (Å²) >= 11 is 0. The van der Waals surface area contributed by atoms with Crippen LogP contribution in [0.1, 0.15) is 11.1 Å². The van der Waals surface area contributed by atoms with Gasteiger partial charge in [0.2, 0.25) is 0 Å². The summed E-state index contributed by atoms with van der Waals surface area (Å²) in [5.74, 6) is 1.85. The monoisotopic (exact) mass is 405 g/mol. The first-order chi connectivity index (χ1) is 9.83. The number of nitrogens with one attached hydrogen (secondary N) is 2. The highest BCUT2D eigenvalue weighted by Gasteiger charge is 2.11. The summed E-state index contributed by atoms with van der Waals surface area (Å²) in [5.41, 5.74) is 2.65. The minimum absolute atomic E-state index is 0. The molecule has 2 rings (SSSR count). The van der Waals surface area contributed by atoms with Gasteiger partial charge >= 0.3 is 0 Å². The van der Waals surface area contributed by atoms with Crippen LogP contribution in [0.3, 0.4) is 0 Å². The van der Waals surface area contributed by atoms with Crippen LogP contribution in [0.5, 0.6) is 5.75 Å². The fraction of sp³-hybridized carbons (Fsp3) is 0.533. The van der Waals surface area contributed by atoms with Crippen molar-refractivity contribution in [1.29, 1.82) is 0 Å². The zero-order valence-corrected chi connectivity index (χ0v) is 15.0. The van der Waals surface area contributed by atoms with Crippen molar-refractivity contribution in [1.82, 2.24) is 10.6 Å². The first kappa shape index (κ1) is 18.0. The molecule has 0 saturated carbocycles. The lowest BCUT2D eigenvalue weighted by Gasteiger charge is -2.11. The Morgan fingerprint density at radius 3 is 2.90 bits per heavy atom. The summed E-state index contributed by atoms with van der Waals surface area (Å²) in [6, 6.07) is 6.45. The van der Waals surface area contributed by atoms with Crippen LogP contribution in [0.2, 0.25) is 0 Å². The third-order valence-electron chi connectivity index (χ3n) is 3.28. The van der Waals surface area contributed by atoms with Gasteiger partial charge in [-0.3, -0.25) is 4.99 Å². The van der Waals surface area contributed by atoms with Gasteiger partial charge in [0.15, 0.2) is 5.96 Å². The Balaban J connectivity index is 0.00000220. The zero-order valence-electron chi connectivity index (χ0n) is 12.6. The second-order valence-electron chi connectivity index (χ2n) is 4.71. The van der Waals surface area contributed by atoms with Gasteiger partial charge in [0, 0.05) is 33.7 Å². The molecular formula is C15H24IN3O2. The van der Waals surface area contributed by atoms with Crippen LogP contribution in [0.15, 0.2) is 23.2 Å². The molecule has 1 aliphatic heterocycles. The predicted octanol–water partition coefficient (Wildman–Crippen LogP) is 1.59. The molecule has 0 aliphatic carbocycles. The molecule has 0 atom stereocenters. The van der Waals surface area contributed by atoms with E-state index in [-0.39, 0.29) is 24.0 Å². The molecule has 0 spiro atoms. The molecule has 0 fully saturated rings. The molecule has 0 unspecified atom stereocenters. The van der Waals surface area contributed by atoms with Crippen molar-refractivity contribution in [3.8, 4) is 5.75 Å². The smallest absolute Gasteiger partial charge is 0.191 e. The lowest BCUT2D eigenvalue weighted by molar-refractivity contribution is 0.203. The number of hydrogen-bond donors (Lipinski definition) is 2. The Labute approximate surface area is 143 Å². The van der Waals surface area contributed by atoms with Gasteiger partial charge in [0.05, 0.1) is 13.2 Å². The number of aliphatic imine (C=N–C) groups is 1. The molecule has 0 radical (unpaired) electrons. The molecule has 118 valence electrons. The predicted molar refractivity (Wildman–Crippen MR) is 96.0 cm³/mol. The highest BCUT2D eigenvalue weighted by molar-refractivity contribution is 14.0. The molecular weight excluding hydrogens is 381 g/mol. The van der Waals surface area contributed by atoms with E-state index < -0.39 is 0 Å². The Hall–Kier alpha value is -1.02. The van der Waals surface area contributed by atoms with Crippen molar-refractivity contribution in [2.24, 2.45) is 4.99 Å². The first-order valence-corrected chi connectivity index (χ1v) is 7.01. The highest BCUT2D eigenvalue weighted by atomic mass is 127. The fourth-order valence-corrected chi connectivity index (χ4v) is 2.21. The SMILES string of the molecule is CN=C(NCCOC)NCCc1ccc2c(c1)CCO2.I. The van der Waals surface area contributed by atoms with Crippen LogP contribution in [0, 0.1) is 0 Å². The number of methoxy groups -OCH3 is 1. The topological polar surface area (TPSA) is 54.9 Å². The van der Waals surface area contributed by atoms with Gasteiger partial charge in [-0.2, -0.15) is 0 Å². The molecule has 5 nitrogen and oxygen atoms in total. The summed E-state index contributed by atoms with van der Waals surface area (Å²) in [7, 11) is 3.46. The third-order valence-corrected chi connectivity index (χ3v) is 3.28. The van der Waals surface area contributed by atoms with Gasteiger partial charge in [-0.1, -0.05) is 12.1 Å². The van der Waals surface area contributed by atoms with Gasteiger partial charge in [-0.25, -0.2) is 0 Å². The summed E-state index contributed by atoms with van der Waals surface area (Å²) in [5, 5.41) is 6.49. The average Bonchev–Trinajstić information content (AvgIpc) is 2.93. The third kappa shape index (κ3) is 5.70. The van der Waals surface area contributed by atoms with E-state index in [1.165, 1.54) is 11.1 Å². The van der Waals surface area contributed by atoms with Crippen molar-refractivity contribution >= 4 is 29.9 Å². The van der Waals surface area contributed by atoms with Crippen molar-refractivity contribution in [2.75, 3.05) is 40.5 Å². The van der Waals surface area contributed by atoms with Crippen molar-refractivity contribution < 1.29 is 9.47 Å². The molecule has 2 N–H and O–H groups in total. The second kappa shape index (κ2) is 9.83.